The fraction of sp³-hybridized carbons (Fsp3) is 0.583. The smallest absolute Gasteiger partial charge is 0.287 e. The van der Waals surface area contributed by atoms with Gasteiger partial charge in [0.05, 0.1) is 32.5 Å². The maximum absolute atomic E-state index is 11.7. The number of amides is 1. The summed E-state index contributed by atoms with van der Waals surface area (Å²) >= 11 is 0. The zero-order valence-electron chi connectivity index (χ0n) is 10.3. The lowest BCUT2D eigenvalue weighted by Gasteiger charge is -2.22. The van der Waals surface area contributed by atoms with Gasteiger partial charge >= 0.3 is 0 Å². The molecule has 1 saturated heterocycles. The monoisotopic (exact) mass is 255 g/mol. The normalized spacial score (nSPS) is 19.5. The predicted molar refractivity (Wildman–Crippen MR) is 62.8 cm³/mol. The standard InChI is InChI=1S/C12H17NO5/c1-2-16-11-4-3-10(18-11)12(14)13-7-9-8-15-5-6-17-9/h3-4,9H,2,5-8H2,1H3,(H,13,14). The third kappa shape index (κ3) is 3.48. The molecular formula is C12H17NO5. The first-order chi connectivity index (χ1) is 8.79. The van der Waals surface area contributed by atoms with Gasteiger partial charge in [0.15, 0.2) is 5.76 Å². The van der Waals surface area contributed by atoms with Crippen molar-refractivity contribution in [2.45, 2.75) is 13.0 Å². The van der Waals surface area contributed by atoms with Crippen LogP contribution in [0.15, 0.2) is 16.5 Å². The van der Waals surface area contributed by atoms with E-state index in [0.717, 1.165) is 0 Å². The molecule has 1 fully saturated rings. The van der Waals surface area contributed by atoms with Gasteiger partial charge in [-0.1, -0.05) is 0 Å². The van der Waals surface area contributed by atoms with Gasteiger partial charge in [-0.15, -0.1) is 0 Å². The quantitative estimate of drug-likeness (QED) is 0.843. The van der Waals surface area contributed by atoms with E-state index in [9.17, 15) is 4.79 Å². The Morgan fingerprint density at radius 2 is 2.39 bits per heavy atom. The van der Waals surface area contributed by atoms with E-state index in [1.54, 1.807) is 12.1 Å². The number of hydrogen-bond donors (Lipinski definition) is 1. The summed E-state index contributed by atoms with van der Waals surface area (Å²) in [6.07, 6.45) is -0.0935. The zero-order valence-corrected chi connectivity index (χ0v) is 10.3. The van der Waals surface area contributed by atoms with Crippen LogP contribution in [0.2, 0.25) is 0 Å². The van der Waals surface area contributed by atoms with E-state index in [1.165, 1.54) is 0 Å². The van der Waals surface area contributed by atoms with Crippen LogP contribution in [-0.4, -0.2) is 45.0 Å². The molecule has 2 rings (SSSR count). The molecule has 1 N–H and O–H groups in total. The number of nitrogens with one attached hydrogen (secondary N) is 1. The second kappa shape index (κ2) is 6.42. The number of carbonyl (C=O) groups excluding carboxylic acids is 1. The second-order valence-corrected chi connectivity index (χ2v) is 3.83. The number of ether oxygens (including phenoxy) is 3. The van der Waals surface area contributed by atoms with Crippen LogP contribution in [0.3, 0.4) is 0 Å². The molecule has 6 nitrogen and oxygen atoms in total. The lowest BCUT2D eigenvalue weighted by molar-refractivity contribution is -0.0856. The highest BCUT2D eigenvalue weighted by atomic mass is 16.6. The van der Waals surface area contributed by atoms with Crippen LogP contribution >= 0.6 is 0 Å². The van der Waals surface area contributed by atoms with Gasteiger partial charge in [0.25, 0.3) is 11.9 Å². The zero-order chi connectivity index (χ0) is 12.8. The van der Waals surface area contributed by atoms with Crippen molar-refractivity contribution in [2.75, 3.05) is 33.0 Å². The minimum absolute atomic E-state index is 0.0935. The van der Waals surface area contributed by atoms with E-state index < -0.39 is 0 Å². The van der Waals surface area contributed by atoms with Gasteiger partial charge in [0.1, 0.15) is 0 Å². The van der Waals surface area contributed by atoms with E-state index in [2.05, 4.69) is 5.32 Å². The average molecular weight is 255 g/mol. The third-order valence-electron chi connectivity index (χ3n) is 2.47. The van der Waals surface area contributed by atoms with Crippen LogP contribution in [0, 0.1) is 0 Å². The minimum atomic E-state index is -0.282. The molecule has 1 amide bonds. The number of carbonyl (C=O) groups is 1. The lowest BCUT2D eigenvalue weighted by Crippen LogP contribution is -2.39. The molecule has 2 heterocycles. The summed E-state index contributed by atoms with van der Waals surface area (Å²) in [6.45, 7) is 4.44. The van der Waals surface area contributed by atoms with Crippen LogP contribution in [0.5, 0.6) is 5.95 Å². The van der Waals surface area contributed by atoms with Crippen LogP contribution in [-0.2, 0) is 9.47 Å². The topological polar surface area (TPSA) is 69.9 Å². The van der Waals surface area contributed by atoms with Crippen LogP contribution in [0.4, 0.5) is 0 Å². The molecule has 100 valence electrons. The fourth-order valence-corrected chi connectivity index (χ4v) is 1.61. The van der Waals surface area contributed by atoms with Gasteiger partial charge in [-0.2, -0.15) is 0 Å². The number of hydrogen-bond acceptors (Lipinski definition) is 5. The molecule has 0 aliphatic carbocycles. The molecule has 18 heavy (non-hydrogen) atoms. The van der Waals surface area contributed by atoms with Crippen molar-refractivity contribution in [3.63, 3.8) is 0 Å². The van der Waals surface area contributed by atoms with E-state index >= 15 is 0 Å². The molecule has 0 spiro atoms. The molecule has 6 heteroatoms. The predicted octanol–water partition coefficient (Wildman–Crippen LogP) is 0.823. The molecular weight excluding hydrogens is 238 g/mol. The first kappa shape index (κ1) is 12.9. The molecule has 1 unspecified atom stereocenters. The Balaban J connectivity index is 1.79. The summed E-state index contributed by atoms with van der Waals surface area (Å²) in [5.41, 5.74) is 0. The Morgan fingerprint density at radius 3 is 3.11 bits per heavy atom. The highest BCUT2D eigenvalue weighted by molar-refractivity contribution is 5.91. The Morgan fingerprint density at radius 1 is 1.50 bits per heavy atom. The van der Waals surface area contributed by atoms with Crippen LogP contribution in [0.1, 0.15) is 17.5 Å². The van der Waals surface area contributed by atoms with E-state index in [0.29, 0.717) is 38.9 Å². The molecule has 1 aromatic heterocycles. The summed E-state index contributed by atoms with van der Waals surface area (Å²) in [7, 11) is 0. The molecule has 1 aliphatic rings. The number of furan rings is 1. The van der Waals surface area contributed by atoms with Crippen molar-refractivity contribution < 1.29 is 23.4 Å². The third-order valence-corrected chi connectivity index (χ3v) is 2.47. The minimum Gasteiger partial charge on any atom is -0.465 e. The molecule has 0 saturated carbocycles. The maximum Gasteiger partial charge on any atom is 0.287 e. The van der Waals surface area contributed by atoms with Gasteiger partial charge in [-0.3, -0.25) is 4.79 Å². The average Bonchev–Trinajstić information content (AvgIpc) is 2.86. The van der Waals surface area contributed by atoms with Crippen molar-refractivity contribution in [3.8, 4) is 5.95 Å². The first-order valence-corrected chi connectivity index (χ1v) is 5.99. The van der Waals surface area contributed by atoms with E-state index in [-0.39, 0.29) is 17.8 Å². The van der Waals surface area contributed by atoms with Crippen LogP contribution < -0.4 is 10.1 Å². The summed E-state index contributed by atoms with van der Waals surface area (Å²) in [5.74, 6) is 0.296. The van der Waals surface area contributed by atoms with Crippen LogP contribution in [0.25, 0.3) is 0 Å². The summed E-state index contributed by atoms with van der Waals surface area (Å²) in [5, 5.41) is 2.73. The maximum atomic E-state index is 11.7. The highest BCUT2D eigenvalue weighted by Crippen LogP contribution is 2.15. The van der Waals surface area contributed by atoms with Crippen molar-refractivity contribution in [1.82, 2.24) is 5.32 Å². The van der Waals surface area contributed by atoms with Crippen molar-refractivity contribution in [3.05, 3.63) is 17.9 Å². The Hall–Kier alpha value is -1.53. The van der Waals surface area contributed by atoms with Gasteiger partial charge in [0.2, 0.25) is 0 Å². The van der Waals surface area contributed by atoms with Gasteiger partial charge < -0.3 is 23.9 Å². The van der Waals surface area contributed by atoms with Crippen molar-refractivity contribution in [2.24, 2.45) is 0 Å². The number of rotatable bonds is 5. The summed E-state index contributed by atoms with van der Waals surface area (Å²) in [6, 6.07) is 3.21. The first-order valence-electron chi connectivity index (χ1n) is 5.99. The molecule has 1 aliphatic heterocycles. The van der Waals surface area contributed by atoms with Gasteiger partial charge in [0, 0.05) is 12.6 Å². The van der Waals surface area contributed by atoms with E-state index in [4.69, 9.17) is 18.6 Å². The Kier molecular flexibility index (Phi) is 4.60. The highest BCUT2D eigenvalue weighted by Gasteiger charge is 2.17. The fourth-order valence-electron chi connectivity index (χ4n) is 1.61. The molecule has 1 aromatic rings. The molecule has 0 aromatic carbocycles. The largest absolute Gasteiger partial charge is 0.465 e. The molecule has 0 bridgehead atoms. The molecule has 0 radical (unpaired) electrons. The van der Waals surface area contributed by atoms with Crippen molar-refractivity contribution in [1.29, 1.82) is 0 Å². The summed E-state index contributed by atoms with van der Waals surface area (Å²) < 4.78 is 21.0. The van der Waals surface area contributed by atoms with Crippen molar-refractivity contribution >= 4 is 5.91 Å². The van der Waals surface area contributed by atoms with E-state index in [1.807, 2.05) is 6.92 Å². The molecule has 1 atom stereocenters. The van der Waals surface area contributed by atoms with Gasteiger partial charge in [-0.25, -0.2) is 0 Å². The second-order valence-electron chi connectivity index (χ2n) is 3.83. The lowest BCUT2D eigenvalue weighted by atomic mass is 10.3. The Labute approximate surface area is 105 Å². The van der Waals surface area contributed by atoms with Gasteiger partial charge in [-0.05, 0) is 13.0 Å². The Bertz CT molecular complexity index is 384. The summed E-state index contributed by atoms with van der Waals surface area (Å²) in [4.78, 5) is 11.7. The SMILES string of the molecule is CCOc1ccc(C(=O)NCC2COCCO2)o1.